The van der Waals surface area contributed by atoms with E-state index >= 15 is 0 Å². The van der Waals surface area contributed by atoms with Crippen LogP contribution >= 0.6 is 15.9 Å². The van der Waals surface area contributed by atoms with Gasteiger partial charge in [0, 0.05) is 25.3 Å². The molecule has 1 aromatic carbocycles. The van der Waals surface area contributed by atoms with Gasteiger partial charge in [0.1, 0.15) is 5.75 Å². The molecule has 94 valence electrons. The van der Waals surface area contributed by atoms with Crippen molar-refractivity contribution in [2.75, 3.05) is 19.8 Å². The Morgan fingerprint density at radius 3 is 3.12 bits per heavy atom. The SMILES string of the molecule is Oc1c(Br)cccc1CNCC1CCCOC1. The topological polar surface area (TPSA) is 41.5 Å². The summed E-state index contributed by atoms with van der Waals surface area (Å²) in [6, 6.07) is 5.71. The van der Waals surface area contributed by atoms with Gasteiger partial charge in [-0.25, -0.2) is 0 Å². The van der Waals surface area contributed by atoms with Crippen LogP contribution in [0, 0.1) is 5.92 Å². The molecule has 0 saturated carbocycles. The first-order valence-corrected chi connectivity index (χ1v) is 6.81. The number of phenolic OH excluding ortho intramolecular Hbond substituents is 1. The van der Waals surface area contributed by atoms with Crippen molar-refractivity contribution in [3.63, 3.8) is 0 Å². The van der Waals surface area contributed by atoms with Gasteiger partial charge < -0.3 is 15.2 Å². The van der Waals surface area contributed by atoms with Gasteiger partial charge in [-0.3, -0.25) is 0 Å². The Labute approximate surface area is 110 Å². The molecule has 0 spiro atoms. The van der Waals surface area contributed by atoms with E-state index in [0.717, 1.165) is 36.2 Å². The Balaban J connectivity index is 1.79. The van der Waals surface area contributed by atoms with Crippen LogP contribution in [0.5, 0.6) is 5.75 Å². The maximum atomic E-state index is 9.82. The normalized spacial score (nSPS) is 20.4. The lowest BCUT2D eigenvalue weighted by atomic mass is 10.0. The molecule has 1 heterocycles. The molecule has 1 aliphatic heterocycles. The van der Waals surface area contributed by atoms with Gasteiger partial charge in [-0.2, -0.15) is 0 Å². The van der Waals surface area contributed by atoms with E-state index in [0.29, 0.717) is 18.2 Å². The third kappa shape index (κ3) is 3.69. The highest BCUT2D eigenvalue weighted by atomic mass is 79.9. The number of rotatable bonds is 4. The third-order valence-corrected chi connectivity index (χ3v) is 3.71. The van der Waals surface area contributed by atoms with Crippen LogP contribution in [0.4, 0.5) is 0 Å². The molecule has 1 saturated heterocycles. The standard InChI is InChI=1S/C13H18BrNO2/c14-12-5-1-4-11(13(12)16)8-15-7-10-3-2-6-17-9-10/h1,4-5,10,15-16H,2-3,6-9H2. The summed E-state index contributed by atoms with van der Waals surface area (Å²) in [7, 11) is 0. The zero-order valence-electron chi connectivity index (χ0n) is 9.79. The maximum Gasteiger partial charge on any atom is 0.134 e. The maximum absolute atomic E-state index is 9.82. The molecule has 1 aromatic rings. The molecule has 3 nitrogen and oxygen atoms in total. The van der Waals surface area contributed by atoms with Crippen molar-refractivity contribution in [1.29, 1.82) is 0 Å². The van der Waals surface area contributed by atoms with Crippen LogP contribution in [-0.4, -0.2) is 24.9 Å². The second-order valence-electron chi connectivity index (χ2n) is 4.46. The first-order valence-electron chi connectivity index (χ1n) is 6.02. The summed E-state index contributed by atoms with van der Waals surface area (Å²) in [5.41, 5.74) is 0.927. The summed E-state index contributed by atoms with van der Waals surface area (Å²) >= 11 is 3.32. The molecule has 4 heteroatoms. The van der Waals surface area contributed by atoms with Crippen LogP contribution in [-0.2, 0) is 11.3 Å². The van der Waals surface area contributed by atoms with Gasteiger partial charge in [0.15, 0.2) is 0 Å². The minimum atomic E-state index is 0.333. The van der Waals surface area contributed by atoms with Crippen molar-refractivity contribution in [2.45, 2.75) is 19.4 Å². The quantitative estimate of drug-likeness (QED) is 0.898. The highest BCUT2D eigenvalue weighted by molar-refractivity contribution is 9.10. The van der Waals surface area contributed by atoms with Gasteiger partial charge in [0.2, 0.25) is 0 Å². The number of halogens is 1. The fourth-order valence-corrected chi connectivity index (χ4v) is 2.49. The van der Waals surface area contributed by atoms with Crippen molar-refractivity contribution in [3.05, 3.63) is 28.2 Å². The second-order valence-corrected chi connectivity index (χ2v) is 5.32. The molecule has 0 radical (unpaired) electrons. The largest absolute Gasteiger partial charge is 0.506 e. The average Bonchev–Trinajstić information content (AvgIpc) is 2.36. The van der Waals surface area contributed by atoms with E-state index in [9.17, 15) is 5.11 Å². The van der Waals surface area contributed by atoms with Crippen molar-refractivity contribution < 1.29 is 9.84 Å². The fourth-order valence-electron chi connectivity index (χ4n) is 2.08. The number of hydrogen-bond acceptors (Lipinski definition) is 3. The number of ether oxygens (including phenoxy) is 1. The molecule has 0 aromatic heterocycles. The molecule has 17 heavy (non-hydrogen) atoms. The molecule has 0 aliphatic carbocycles. The molecule has 0 amide bonds. The first-order chi connectivity index (χ1) is 8.27. The van der Waals surface area contributed by atoms with Crippen LogP contribution < -0.4 is 5.32 Å². The van der Waals surface area contributed by atoms with Gasteiger partial charge >= 0.3 is 0 Å². The van der Waals surface area contributed by atoms with E-state index in [1.807, 2.05) is 18.2 Å². The molecule has 1 aliphatic rings. The molecule has 0 bridgehead atoms. The van der Waals surface area contributed by atoms with Crippen LogP contribution in [0.15, 0.2) is 22.7 Å². The van der Waals surface area contributed by atoms with Crippen LogP contribution in [0.25, 0.3) is 0 Å². The van der Waals surface area contributed by atoms with E-state index in [2.05, 4.69) is 21.2 Å². The van der Waals surface area contributed by atoms with Crippen molar-refractivity contribution in [1.82, 2.24) is 5.32 Å². The predicted molar refractivity (Wildman–Crippen MR) is 71.1 cm³/mol. The molecule has 1 atom stereocenters. The average molecular weight is 300 g/mol. The van der Waals surface area contributed by atoms with Crippen molar-refractivity contribution in [2.24, 2.45) is 5.92 Å². The summed E-state index contributed by atoms with van der Waals surface area (Å²) < 4.78 is 6.18. The predicted octanol–water partition coefficient (Wildman–Crippen LogP) is 2.67. The van der Waals surface area contributed by atoms with Crippen molar-refractivity contribution >= 4 is 15.9 Å². The minimum absolute atomic E-state index is 0.333. The highest BCUT2D eigenvalue weighted by Crippen LogP contribution is 2.27. The Morgan fingerprint density at radius 2 is 2.35 bits per heavy atom. The number of benzene rings is 1. The summed E-state index contributed by atoms with van der Waals surface area (Å²) in [6.07, 6.45) is 2.39. The molecule has 2 N–H and O–H groups in total. The van der Waals surface area contributed by atoms with Crippen molar-refractivity contribution in [3.8, 4) is 5.75 Å². The lowest BCUT2D eigenvalue weighted by Gasteiger charge is -2.22. The minimum Gasteiger partial charge on any atom is -0.506 e. The number of para-hydroxylation sites is 1. The van der Waals surface area contributed by atoms with Gasteiger partial charge in [-0.05, 0) is 40.8 Å². The molecular formula is C13H18BrNO2. The monoisotopic (exact) mass is 299 g/mol. The van der Waals surface area contributed by atoms with E-state index < -0.39 is 0 Å². The zero-order chi connectivity index (χ0) is 12.1. The Hall–Kier alpha value is -0.580. The van der Waals surface area contributed by atoms with Gasteiger partial charge in [-0.1, -0.05) is 12.1 Å². The second kappa shape index (κ2) is 6.38. The summed E-state index contributed by atoms with van der Waals surface area (Å²) in [6.45, 7) is 3.41. The van der Waals surface area contributed by atoms with Crippen LogP contribution in [0.1, 0.15) is 18.4 Å². The summed E-state index contributed by atoms with van der Waals surface area (Å²) in [5.74, 6) is 0.943. The van der Waals surface area contributed by atoms with E-state index in [-0.39, 0.29) is 0 Å². The Bertz CT molecular complexity index is 364. The molecule has 1 fully saturated rings. The van der Waals surface area contributed by atoms with Gasteiger partial charge in [-0.15, -0.1) is 0 Å². The number of nitrogens with one attached hydrogen (secondary N) is 1. The van der Waals surface area contributed by atoms with E-state index in [4.69, 9.17) is 4.74 Å². The van der Waals surface area contributed by atoms with Gasteiger partial charge in [0.05, 0.1) is 11.1 Å². The zero-order valence-corrected chi connectivity index (χ0v) is 11.4. The van der Waals surface area contributed by atoms with Crippen LogP contribution in [0.2, 0.25) is 0 Å². The highest BCUT2D eigenvalue weighted by Gasteiger charge is 2.13. The number of aromatic hydroxyl groups is 1. The molecule has 1 unspecified atom stereocenters. The Morgan fingerprint density at radius 1 is 1.47 bits per heavy atom. The number of hydrogen-bond donors (Lipinski definition) is 2. The lowest BCUT2D eigenvalue weighted by Crippen LogP contribution is -2.28. The summed E-state index contributed by atoms with van der Waals surface area (Å²) in [4.78, 5) is 0. The first kappa shape index (κ1) is 12.9. The smallest absolute Gasteiger partial charge is 0.134 e. The molecule has 2 rings (SSSR count). The summed E-state index contributed by atoms with van der Waals surface area (Å²) in [5, 5.41) is 13.2. The lowest BCUT2D eigenvalue weighted by molar-refractivity contribution is 0.0547. The third-order valence-electron chi connectivity index (χ3n) is 3.07. The Kier molecular flexibility index (Phi) is 4.83. The van der Waals surface area contributed by atoms with E-state index in [1.54, 1.807) is 0 Å². The fraction of sp³-hybridized carbons (Fsp3) is 0.538. The van der Waals surface area contributed by atoms with Gasteiger partial charge in [0.25, 0.3) is 0 Å². The molecular weight excluding hydrogens is 282 g/mol. The number of phenols is 1. The van der Waals surface area contributed by atoms with Crippen LogP contribution in [0.3, 0.4) is 0 Å². The van der Waals surface area contributed by atoms with E-state index in [1.165, 1.54) is 6.42 Å².